The van der Waals surface area contributed by atoms with Gasteiger partial charge in [-0.25, -0.2) is 9.67 Å². The standard InChI is InChI=1S/C12H19N5S/c1-12(2,3)17-9-10(15-16-17)8-13-5-4-11-14-6-7-18-11/h6-7,9,13H,4-5,8H2,1-3H3. The second kappa shape index (κ2) is 5.58. The summed E-state index contributed by atoms with van der Waals surface area (Å²) < 4.78 is 1.89. The maximum atomic E-state index is 4.24. The third-order valence-corrected chi connectivity index (χ3v) is 3.37. The minimum absolute atomic E-state index is 0.00780. The van der Waals surface area contributed by atoms with Crippen LogP contribution >= 0.6 is 11.3 Å². The Morgan fingerprint density at radius 3 is 2.83 bits per heavy atom. The van der Waals surface area contributed by atoms with Crippen LogP contribution in [-0.4, -0.2) is 26.5 Å². The fraction of sp³-hybridized carbons (Fsp3) is 0.583. The van der Waals surface area contributed by atoms with Gasteiger partial charge in [0.25, 0.3) is 0 Å². The highest BCUT2D eigenvalue weighted by molar-refractivity contribution is 7.09. The molecule has 2 rings (SSSR count). The first-order chi connectivity index (χ1) is 8.55. The lowest BCUT2D eigenvalue weighted by atomic mass is 10.1. The number of hydrogen-bond acceptors (Lipinski definition) is 5. The molecule has 0 radical (unpaired) electrons. The fourth-order valence-corrected chi connectivity index (χ4v) is 2.12. The van der Waals surface area contributed by atoms with E-state index in [0.717, 1.165) is 25.2 Å². The molecular weight excluding hydrogens is 246 g/mol. The van der Waals surface area contributed by atoms with Gasteiger partial charge in [0.1, 0.15) is 0 Å². The fourth-order valence-electron chi connectivity index (χ4n) is 1.50. The van der Waals surface area contributed by atoms with Gasteiger partial charge < -0.3 is 5.32 Å². The second-order valence-electron chi connectivity index (χ2n) is 5.18. The highest BCUT2D eigenvalue weighted by Crippen LogP contribution is 2.11. The molecule has 98 valence electrons. The van der Waals surface area contributed by atoms with E-state index in [2.05, 4.69) is 41.4 Å². The van der Waals surface area contributed by atoms with Gasteiger partial charge in [-0.05, 0) is 20.8 Å². The van der Waals surface area contributed by atoms with E-state index in [-0.39, 0.29) is 5.54 Å². The van der Waals surface area contributed by atoms with Crippen molar-refractivity contribution < 1.29 is 0 Å². The SMILES string of the molecule is CC(C)(C)n1cc(CNCCc2nccs2)nn1. The lowest BCUT2D eigenvalue weighted by molar-refractivity contribution is 0.347. The van der Waals surface area contributed by atoms with Crippen LogP contribution in [0, 0.1) is 0 Å². The monoisotopic (exact) mass is 265 g/mol. The highest BCUT2D eigenvalue weighted by Gasteiger charge is 2.14. The minimum Gasteiger partial charge on any atom is -0.311 e. The molecule has 0 aliphatic carbocycles. The van der Waals surface area contributed by atoms with Gasteiger partial charge in [0.2, 0.25) is 0 Å². The summed E-state index contributed by atoms with van der Waals surface area (Å²) in [6, 6.07) is 0. The number of thiazole rings is 1. The molecule has 0 saturated carbocycles. The van der Waals surface area contributed by atoms with Crippen molar-refractivity contribution in [3.63, 3.8) is 0 Å². The van der Waals surface area contributed by atoms with Gasteiger partial charge in [0.05, 0.1) is 22.4 Å². The van der Waals surface area contributed by atoms with Crippen molar-refractivity contribution in [1.82, 2.24) is 25.3 Å². The molecule has 0 saturated heterocycles. The van der Waals surface area contributed by atoms with Crippen LogP contribution in [0.15, 0.2) is 17.8 Å². The quantitative estimate of drug-likeness (QED) is 0.838. The predicted octanol–water partition coefficient (Wildman–Crippen LogP) is 1.82. The van der Waals surface area contributed by atoms with E-state index in [1.807, 2.05) is 22.5 Å². The van der Waals surface area contributed by atoms with Crippen LogP contribution in [0.4, 0.5) is 0 Å². The summed E-state index contributed by atoms with van der Waals surface area (Å²) in [6.07, 6.45) is 4.80. The first-order valence-electron chi connectivity index (χ1n) is 6.06. The first-order valence-corrected chi connectivity index (χ1v) is 6.94. The molecule has 0 fully saturated rings. The summed E-state index contributed by atoms with van der Waals surface area (Å²) in [5.74, 6) is 0. The molecule has 0 aromatic carbocycles. The van der Waals surface area contributed by atoms with Crippen LogP contribution in [-0.2, 0) is 18.5 Å². The predicted molar refractivity (Wildman–Crippen MR) is 72.5 cm³/mol. The van der Waals surface area contributed by atoms with Crippen molar-refractivity contribution in [2.45, 2.75) is 39.3 Å². The van der Waals surface area contributed by atoms with Crippen molar-refractivity contribution in [2.24, 2.45) is 0 Å². The Morgan fingerprint density at radius 1 is 1.39 bits per heavy atom. The van der Waals surface area contributed by atoms with E-state index in [1.54, 1.807) is 11.3 Å². The van der Waals surface area contributed by atoms with Crippen LogP contribution < -0.4 is 5.32 Å². The van der Waals surface area contributed by atoms with Gasteiger partial charge in [-0.15, -0.1) is 16.4 Å². The number of rotatable bonds is 5. The van der Waals surface area contributed by atoms with E-state index >= 15 is 0 Å². The number of aromatic nitrogens is 4. The van der Waals surface area contributed by atoms with Crippen LogP contribution in [0.5, 0.6) is 0 Å². The zero-order valence-corrected chi connectivity index (χ0v) is 11.9. The van der Waals surface area contributed by atoms with Gasteiger partial charge in [0.15, 0.2) is 0 Å². The second-order valence-corrected chi connectivity index (χ2v) is 6.16. The van der Waals surface area contributed by atoms with Crippen molar-refractivity contribution in [3.8, 4) is 0 Å². The third-order valence-electron chi connectivity index (χ3n) is 2.53. The van der Waals surface area contributed by atoms with E-state index in [1.165, 1.54) is 5.01 Å². The maximum absolute atomic E-state index is 4.24. The molecule has 0 bridgehead atoms. The Bertz CT molecular complexity index is 469. The zero-order chi connectivity index (χ0) is 13.0. The summed E-state index contributed by atoms with van der Waals surface area (Å²) in [5, 5.41) is 14.8. The maximum Gasteiger partial charge on any atom is 0.0965 e. The molecule has 0 unspecified atom stereocenters. The molecule has 2 aromatic rings. The number of hydrogen-bond donors (Lipinski definition) is 1. The van der Waals surface area contributed by atoms with Gasteiger partial charge in [-0.1, -0.05) is 5.21 Å². The average molecular weight is 265 g/mol. The molecule has 0 atom stereocenters. The minimum atomic E-state index is -0.00780. The van der Waals surface area contributed by atoms with Crippen LogP contribution in [0.2, 0.25) is 0 Å². The molecule has 2 heterocycles. The van der Waals surface area contributed by atoms with Crippen molar-refractivity contribution in [2.75, 3.05) is 6.54 Å². The molecule has 2 aromatic heterocycles. The molecule has 5 nitrogen and oxygen atoms in total. The average Bonchev–Trinajstić information content (AvgIpc) is 2.95. The molecule has 6 heteroatoms. The highest BCUT2D eigenvalue weighted by atomic mass is 32.1. The summed E-state index contributed by atoms with van der Waals surface area (Å²) >= 11 is 1.69. The summed E-state index contributed by atoms with van der Waals surface area (Å²) in [7, 11) is 0. The van der Waals surface area contributed by atoms with E-state index < -0.39 is 0 Å². The van der Waals surface area contributed by atoms with Crippen LogP contribution in [0.25, 0.3) is 0 Å². The van der Waals surface area contributed by atoms with Crippen LogP contribution in [0.1, 0.15) is 31.5 Å². The van der Waals surface area contributed by atoms with Gasteiger partial charge in [-0.2, -0.15) is 0 Å². The smallest absolute Gasteiger partial charge is 0.0965 e. The molecule has 0 amide bonds. The Hall–Kier alpha value is -1.27. The van der Waals surface area contributed by atoms with Crippen molar-refractivity contribution in [1.29, 1.82) is 0 Å². The van der Waals surface area contributed by atoms with E-state index in [9.17, 15) is 0 Å². The van der Waals surface area contributed by atoms with Crippen molar-refractivity contribution >= 4 is 11.3 Å². The molecular formula is C12H19N5S. The summed E-state index contributed by atoms with van der Waals surface area (Å²) in [4.78, 5) is 4.24. The lowest BCUT2D eigenvalue weighted by Crippen LogP contribution is -2.22. The Kier molecular flexibility index (Phi) is 4.08. The third kappa shape index (κ3) is 3.61. The van der Waals surface area contributed by atoms with Gasteiger partial charge in [0, 0.05) is 31.1 Å². The first kappa shape index (κ1) is 13.2. The van der Waals surface area contributed by atoms with Gasteiger partial charge >= 0.3 is 0 Å². The van der Waals surface area contributed by atoms with E-state index in [4.69, 9.17) is 0 Å². The molecule has 1 N–H and O–H groups in total. The van der Waals surface area contributed by atoms with E-state index in [0.29, 0.717) is 0 Å². The summed E-state index contributed by atoms with van der Waals surface area (Å²) in [6.45, 7) is 8.00. The largest absolute Gasteiger partial charge is 0.311 e. The topological polar surface area (TPSA) is 55.6 Å². The van der Waals surface area contributed by atoms with Crippen molar-refractivity contribution in [3.05, 3.63) is 28.5 Å². The molecule has 0 spiro atoms. The Labute approximate surface area is 111 Å². The van der Waals surface area contributed by atoms with Crippen LogP contribution in [0.3, 0.4) is 0 Å². The molecule has 0 aliphatic rings. The Morgan fingerprint density at radius 2 is 2.22 bits per heavy atom. The number of nitrogens with zero attached hydrogens (tertiary/aromatic N) is 4. The normalized spacial score (nSPS) is 11.9. The Balaban J connectivity index is 1.75. The number of nitrogens with one attached hydrogen (secondary N) is 1. The summed E-state index contributed by atoms with van der Waals surface area (Å²) in [5.41, 5.74) is 0.968. The van der Waals surface area contributed by atoms with Gasteiger partial charge in [-0.3, -0.25) is 0 Å². The zero-order valence-electron chi connectivity index (χ0n) is 11.1. The molecule has 0 aliphatic heterocycles. The molecule has 18 heavy (non-hydrogen) atoms. The lowest BCUT2D eigenvalue weighted by Gasteiger charge is -2.17.